The molecule has 0 radical (unpaired) electrons. The molecule has 0 unspecified atom stereocenters. The summed E-state index contributed by atoms with van der Waals surface area (Å²) in [5.74, 6) is 0.504. The van der Waals surface area contributed by atoms with E-state index in [1.54, 1.807) is 6.20 Å². The predicted molar refractivity (Wildman–Crippen MR) is 71.6 cm³/mol. The summed E-state index contributed by atoms with van der Waals surface area (Å²) in [5, 5.41) is 11.0. The fourth-order valence-corrected chi connectivity index (χ4v) is 1.91. The molecule has 2 rings (SSSR count). The summed E-state index contributed by atoms with van der Waals surface area (Å²) in [6.45, 7) is 6.39. The van der Waals surface area contributed by atoms with Crippen LogP contribution in [0.4, 0.5) is 10.8 Å². The van der Waals surface area contributed by atoms with Crippen molar-refractivity contribution < 1.29 is 0 Å². The zero-order valence-electron chi connectivity index (χ0n) is 10.2. The van der Waals surface area contributed by atoms with Crippen molar-refractivity contribution in [3.8, 4) is 0 Å². The van der Waals surface area contributed by atoms with Gasteiger partial charge in [0, 0.05) is 11.6 Å². The van der Waals surface area contributed by atoms with Gasteiger partial charge in [0.15, 0.2) is 0 Å². The molecular formula is C13H15N3S. The second kappa shape index (κ2) is 5.19. The van der Waals surface area contributed by atoms with E-state index in [0.717, 1.165) is 11.3 Å². The zero-order chi connectivity index (χ0) is 12.3. The molecule has 0 N–H and O–H groups in total. The number of thiazole rings is 1. The molecule has 2 aromatic rings. The van der Waals surface area contributed by atoms with Gasteiger partial charge in [0.1, 0.15) is 0 Å². The van der Waals surface area contributed by atoms with Crippen LogP contribution in [0.2, 0.25) is 0 Å². The second-order valence-corrected chi connectivity index (χ2v) is 5.09. The molecule has 0 aliphatic heterocycles. The summed E-state index contributed by atoms with van der Waals surface area (Å²) < 4.78 is 0. The van der Waals surface area contributed by atoms with Crippen LogP contribution >= 0.6 is 11.3 Å². The lowest BCUT2D eigenvalue weighted by molar-refractivity contribution is 0.865. The fourth-order valence-electron chi connectivity index (χ4n) is 1.46. The molecule has 0 bridgehead atoms. The molecule has 0 saturated heterocycles. The summed E-state index contributed by atoms with van der Waals surface area (Å²) in [4.78, 5) is 4.08. The molecule has 88 valence electrons. The van der Waals surface area contributed by atoms with Crippen molar-refractivity contribution in [1.29, 1.82) is 0 Å². The number of hydrogen-bond acceptors (Lipinski definition) is 4. The fraction of sp³-hybridized carbons (Fsp3) is 0.308. The topological polar surface area (TPSA) is 37.6 Å². The van der Waals surface area contributed by atoms with Gasteiger partial charge in [-0.1, -0.05) is 26.0 Å². The minimum Gasteiger partial charge on any atom is -0.226 e. The Bertz CT molecular complexity index is 515. The quantitative estimate of drug-likeness (QED) is 0.702. The van der Waals surface area contributed by atoms with Gasteiger partial charge in [-0.05, 0) is 30.0 Å². The van der Waals surface area contributed by atoms with E-state index >= 15 is 0 Å². The molecule has 1 heterocycles. The average molecular weight is 245 g/mol. The summed E-state index contributed by atoms with van der Waals surface area (Å²) in [7, 11) is 0. The third kappa shape index (κ3) is 2.97. The van der Waals surface area contributed by atoms with Crippen LogP contribution in [0.15, 0.2) is 40.0 Å². The van der Waals surface area contributed by atoms with Gasteiger partial charge in [-0.2, -0.15) is 0 Å². The molecule has 0 saturated carbocycles. The smallest absolute Gasteiger partial charge is 0.226 e. The number of aromatic nitrogens is 1. The first-order chi connectivity index (χ1) is 8.16. The molecule has 0 aliphatic rings. The van der Waals surface area contributed by atoms with Crippen LogP contribution in [0.25, 0.3) is 0 Å². The summed E-state index contributed by atoms with van der Waals surface area (Å²) >= 11 is 1.49. The number of aryl methyl sites for hydroxylation is 1. The van der Waals surface area contributed by atoms with Gasteiger partial charge in [-0.3, -0.25) is 0 Å². The van der Waals surface area contributed by atoms with Crippen LogP contribution in [0.3, 0.4) is 0 Å². The molecule has 1 aromatic carbocycles. The number of benzene rings is 1. The average Bonchev–Trinajstić information content (AvgIpc) is 2.80. The summed E-state index contributed by atoms with van der Waals surface area (Å²) in [5.41, 5.74) is 3.34. The summed E-state index contributed by atoms with van der Waals surface area (Å²) in [6.07, 6.45) is 1.73. The normalized spacial score (nSPS) is 11.5. The highest BCUT2D eigenvalue weighted by Gasteiger charge is 2.03. The van der Waals surface area contributed by atoms with Crippen molar-refractivity contribution in [3.05, 3.63) is 40.9 Å². The first-order valence-corrected chi connectivity index (χ1v) is 6.46. The number of hydrogen-bond donors (Lipinski definition) is 0. The van der Waals surface area contributed by atoms with E-state index < -0.39 is 0 Å². The Kier molecular flexibility index (Phi) is 3.64. The van der Waals surface area contributed by atoms with Gasteiger partial charge in [-0.25, -0.2) is 4.98 Å². The maximum absolute atomic E-state index is 4.26. The van der Waals surface area contributed by atoms with Crippen LogP contribution in [-0.4, -0.2) is 4.98 Å². The lowest BCUT2D eigenvalue weighted by Crippen LogP contribution is -1.87. The third-order valence-electron chi connectivity index (χ3n) is 2.56. The van der Waals surface area contributed by atoms with Crippen LogP contribution in [-0.2, 0) is 0 Å². The number of rotatable bonds is 3. The molecule has 1 aromatic heterocycles. The van der Waals surface area contributed by atoms with Crippen LogP contribution in [0.1, 0.15) is 30.9 Å². The molecule has 3 nitrogen and oxygen atoms in total. The Labute approximate surface area is 105 Å². The molecule has 17 heavy (non-hydrogen) atoms. The lowest BCUT2D eigenvalue weighted by Gasteiger charge is -2.07. The molecular weight excluding hydrogens is 230 g/mol. The first kappa shape index (κ1) is 11.9. The van der Waals surface area contributed by atoms with E-state index in [1.165, 1.54) is 16.9 Å². The van der Waals surface area contributed by atoms with Gasteiger partial charge in [0.25, 0.3) is 0 Å². The van der Waals surface area contributed by atoms with E-state index in [9.17, 15) is 0 Å². The zero-order valence-corrected chi connectivity index (χ0v) is 11.0. The van der Waals surface area contributed by atoms with Crippen molar-refractivity contribution in [2.24, 2.45) is 10.2 Å². The van der Waals surface area contributed by atoms with Crippen LogP contribution < -0.4 is 0 Å². The highest BCUT2D eigenvalue weighted by Crippen LogP contribution is 2.26. The Morgan fingerprint density at radius 3 is 2.71 bits per heavy atom. The largest absolute Gasteiger partial charge is 0.229 e. The Morgan fingerprint density at radius 1 is 1.24 bits per heavy atom. The first-order valence-electron chi connectivity index (χ1n) is 5.58. The molecule has 4 heteroatoms. The van der Waals surface area contributed by atoms with Crippen molar-refractivity contribution in [3.63, 3.8) is 0 Å². The number of nitrogens with zero attached hydrogens (tertiary/aromatic N) is 3. The Balaban J connectivity index is 2.28. The molecule has 0 fully saturated rings. The highest BCUT2D eigenvalue weighted by atomic mass is 32.1. The Morgan fingerprint density at radius 2 is 2.06 bits per heavy atom. The number of azo groups is 1. The highest BCUT2D eigenvalue weighted by molar-refractivity contribution is 7.13. The van der Waals surface area contributed by atoms with Crippen molar-refractivity contribution in [1.82, 2.24) is 4.98 Å². The molecule has 0 amide bonds. The molecule has 0 spiro atoms. The van der Waals surface area contributed by atoms with Crippen LogP contribution in [0.5, 0.6) is 0 Å². The van der Waals surface area contributed by atoms with E-state index in [-0.39, 0.29) is 0 Å². The lowest BCUT2D eigenvalue weighted by atomic mass is 10.0. The van der Waals surface area contributed by atoms with Gasteiger partial charge < -0.3 is 0 Å². The van der Waals surface area contributed by atoms with Crippen molar-refractivity contribution >= 4 is 22.2 Å². The van der Waals surface area contributed by atoms with Gasteiger partial charge in [0.2, 0.25) is 5.13 Å². The van der Waals surface area contributed by atoms with E-state index in [1.807, 2.05) is 12.3 Å². The molecule has 0 aliphatic carbocycles. The van der Waals surface area contributed by atoms with Gasteiger partial charge in [-0.15, -0.1) is 21.6 Å². The Hall–Kier alpha value is -1.55. The van der Waals surface area contributed by atoms with Crippen molar-refractivity contribution in [2.75, 3.05) is 0 Å². The maximum Gasteiger partial charge on any atom is 0.229 e. The van der Waals surface area contributed by atoms with Gasteiger partial charge >= 0.3 is 0 Å². The van der Waals surface area contributed by atoms with E-state index in [0.29, 0.717) is 11.0 Å². The maximum atomic E-state index is 4.26. The van der Waals surface area contributed by atoms with Gasteiger partial charge in [0.05, 0.1) is 5.69 Å². The third-order valence-corrected chi connectivity index (χ3v) is 3.22. The summed E-state index contributed by atoms with van der Waals surface area (Å²) in [6, 6.07) is 6.32. The van der Waals surface area contributed by atoms with Crippen molar-refractivity contribution in [2.45, 2.75) is 26.7 Å². The predicted octanol–water partition coefficient (Wildman–Crippen LogP) is 4.99. The van der Waals surface area contributed by atoms with E-state index in [4.69, 9.17) is 0 Å². The minimum absolute atomic E-state index is 0.504. The SMILES string of the molecule is Cc1ccc(C(C)C)cc1/N=N/c1nccs1. The standard InChI is InChI=1S/C13H15N3S/c1-9(2)11-5-4-10(3)12(8-11)15-16-13-14-6-7-17-13/h4-9H,1-3H3/b16-15+. The van der Waals surface area contributed by atoms with Crippen LogP contribution in [0, 0.1) is 6.92 Å². The molecule has 0 atom stereocenters. The monoisotopic (exact) mass is 245 g/mol. The minimum atomic E-state index is 0.504. The second-order valence-electron chi connectivity index (χ2n) is 4.22. The van der Waals surface area contributed by atoms with E-state index in [2.05, 4.69) is 47.3 Å².